The molecule has 0 spiro atoms. The number of ether oxygens (including phenoxy) is 4. The maximum Gasteiger partial charge on any atom is 0.338 e. The Hall–Kier alpha value is -4.18. The normalized spacial score (nSPS) is 14.8. The zero-order chi connectivity index (χ0) is 29.5. The van der Waals surface area contributed by atoms with Crippen molar-refractivity contribution in [1.82, 2.24) is 4.57 Å². The monoisotopic (exact) mass is 578 g/mol. The Bertz CT molecular complexity index is 1630. The lowest BCUT2D eigenvalue weighted by atomic mass is 9.95. The van der Waals surface area contributed by atoms with Crippen LogP contribution in [0.5, 0.6) is 17.2 Å². The molecule has 0 radical (unpaired) electrons. The van der Waals surface area contributed by atoms with Gasteiger partial charge in [0.15, 0.2) is 16.3 Å². The maximum atomic E-state index is 13.9. The molecule has 0 saturated carbocycles. The van der Waals surface area contributed by atoms with Gasteiger partial charge in [-0.1, -0.05) is 49.3 Å². The summed E-state index contributed by atoms with van der Waals surface area (Å²) >= 11 is 1.24. The van der Waals surface area contributed by atoms with E-state index in [1.165, 1.54) is 29.9 Å². The van der Waals surface area contributed by atoms with Gasteiger partial charge in [0.2, 0.25) is 0 Å². The first-order chi connectivity index (χ1) is 19.8. The average Bonchev–Trinajstić information content (AvgIpc) is 3.25. The first-order valence-corrected chi connectivity index (χ1v) is 14.4. The number of methoxy groups -OCH3 is 1. The van der Waals surface area contributed by atoms with E-state index >= 15 is 0 Å². The molecule has 1 aromatic heterocycles. The molecule has 2 aromatic carbocycles. The van der Waals surface area contributed by atoms with Crippen LogP contribution < -0.4 is 29.1 Å². The minimum absolute atomic E-state index is 0.166. The van der Waals surface area contributed by atoms with Crippen LogP contribution in [0.4, 0.5) is 0 Å². The fourth-order valence-electron chi connectivity index (χ4n) is 4.55. The van der Waals surface area contributed by atoms with Gasteiger partial charge in [0.05, 0.1) is 42.2 Å². The van der Waals surface area contributed by atoms with Crippen LogP contribution in [0.15, 0.2) is 63.5 Å². The molecule has 0 saturated heterocycles. The van der Waals surface area contributed by atoms with Gasteiger partial charge in [-0.25, -0.2) is 9.79 Å². The zero-order valence-corrected chi connectivity index (χ0v) is 24.7. The van der Waals surface area contributed by atoms with Crippen molar-refractivity contribution in [3.8, 4) is 17.2 Å². The molecule has 0 aliphatic carbocycles. The van der Waals surface area contributed by atoms with Gasteiger partial charge in [-0.15, -0.1) is 0 Å². The molecule has 1 aliphatic heterocycles. The Morgan fingerprint density at radius 3 is 2.49 bits per heavy atom. The Kier molecular flexibility index (Phi) is 9.78. The first kappa shape index (κ1) is 29.8. The molecular weight excluding hydrogens is 544 g/mol. The lowest BCUT2D eigenvalue weighted by molar-refractivity contribution is -0.139. The van der Waals surface area contributed by atoms with E-state index in [-0.39, 0.29) is 29.2 Å². The fourth-order valence-corrected chi connectivity index (χ4v) is 5.60. The lowest BCUT2D eigenvalue weighted by Gasteiger charge is -2.25. The minimum atomic E-state index is -0.827. The van der Waals surface area contributed by atoms with Crippen molar-refractivity contribution in [3.63, 3.8) is 0 Å². The molecule has 0 N–H and O–H groups in total. The van der Waals surface area contributed by atoms with E-state index in [1.54, 1.807) is 38.1 Å². The molecular formula is C31H34N2O7S. The number of carbonyl (C=O) groups is 2. The van der Waals surface area contributed by atoms with E-state index in [2.05, 4.69) is 11.9 Å². The summed E-state index contributed by atoms with van der Waals surface area (Å²) in [5.74, 6) is 0.233. The number of unbranched alkanes of at least 4 members (excludes halogenated alkanes) is 2. The van der Waals surface area contributed by atoms with E-state index < -0.39 is 18.0 Å². The molecule has 1 aliphatic rings. The van der Waals surface area contributed by atoms with Crippen molar-refractivity contribution in [3.05, 3.63) is 84.5 Å². The zero-order valence-electron chi connectivity index (χ0n) is 23.9. The molecule has 3 aromatic rings. The number of thiazole rings is 1. The number of esters is 2. The molecule has 0 bridgehead atoms. The summed E-state index contributed by atoms with van der Waals surface area (Å²) in [4.78, 5) is 43.6. The van der Waals surface area contributed by atoms with Crippen molar-refractivity contribution >= 4 is 29.4 Å². The van der Waals surface area contributed by atoms with E-state index in [0.29, 0.717) is 27.2 Å². The van der Waals surface area contributed by atoms with Crippen LogP contribution in [0.3, 0.4) is 0 Å². The highest BCUT2D eigenvalue weighted by atomic mass is 32.1. The molecule has 1 atom stereocenters. The standard InChI is InChI=1S/C31H34N2O7S/c1-6-8-9-16-39-23-13-10-21(11-14-23)17-26-29(35)33-28(22-12-15-24(40-20(4)34)25(18-22)37-5)27(30(36)38-7-2)19(3)32-31(33)41-26/h10-15,17-18,28H,6-9,16H2,1-5H3/b26-17+/t28-/m1/s1. The number of hydrogen-bond acceptors (Lipinski definition) is 9. The second-order valence-corrected chi connectivity index (χ2v) is 10.4. The van der Waals surface area contributed by atoms with Crippen LogP contribution in [0.1, 0.15) is 64.1 Å². The van der Waals surface area contributed by atoms with E-state index in [4.69, 9.17) is 18.9 Å². The summed E-state index contributed by atoms with van der Waals surface area (Å²) in [5.41, 5.74) is 1.82. The van der Waals surface area contributed by atoms with Gasteiger partial charge in [0.25, 0.3) is 5.56 Å². The Morgan fingerprint density at radius 2 is 1.83 bits per heavy atom. The van der Waals surface area contributed by atoms with Crippen molar-refractivity contribution in [2.45, 2.75) is 53.0 Å². The smallest absolute Gasteiger partial charge is 0.338 e. The Morgan fingerprint density at radius 1 is 1.07 bits per heavy atom. The van der Waals surface area contributed by atoms with Crippen LogP contribution in [-0.2, 0) is 14.3 Å². The predicted molar refractivity (Wildman–Crippen MR) is 156 cm³/mol. The van der Waals surface area contributed by atoms with Crippen molar-refractivity contribution in [1.29, 1.82) is 0 Å². The minimum Gasteiger partial charge on any atom is -0.494 e. The van der Waals surface area contributed by atoms with E-state index in [0.717, 1.165) is 30.6 Å². The van der Waals surface area contributed by atoms with Crippen LogP contribution in [-0.4, -0.2) is 36.8 Å². The van der Waals surface area contributed by atoms with Crippen LogP contribution >= 0.6 is 11.3 Å². The Balaban J connectivity index is 1.79. The SMILES string of the molecule is CCCCCOc1ccc(/C=c2/sc3n(c2=O)[C@H](c2ccc(OC(C)=O)c(OC)c2)C(C(=O)OCC)=C(C)N=3)cc1. The average molecular weight is 579 g/mol. The number of nitrogens with zero attached hydrogens (tertiary/aromatic N) is 2. The second kappa shape index (κ2) is 13.5. The first-order valence-electron chi connectivity index (χ1n) is 13.6. The molecule has 216 valence electrons. The number of allylic oxidation sites excluding steroid dienone is 1. The Labute approximate surface area is 242 Å². The number of hydrogen-bond donors (Lipinski definition) is 0. The van der Waals surface area contributed by atoms with Gasteiger partial charge in [-0.05, 0) is 61.7 Å². The summed E-state index contributed by atoms with van der Waals surface area (Å²) in [6.45, 7) is 7.72. The third-order valence-corrected chi connectivity index (χ3v) is 7.45. The summed E-state index contributed by atoms with van der Waals surface area (Å²) in [6.07, 6.45) is 5.07. The lowest BCUT2D eigenvalue weighted by Crippen LogP contribution is -2.40. The quantitative estimate of drug-likeness (QED) is 0.190. The highest BCUT2D eigenvalue weighted by Gasteiger charge is 2.34. The van der Waals surface area contributed by atoms with Gasteiger partial charge in [-0.2, -0.15) is 0 Å². The van der Waals surface area contributed by atoms with Crippen molar-refractivity contribution < 1.29 is 28.5 Å². The van der Waals surface area contributed by atoms with Crippen LogP contribution in [0, 0.1) is 0 Å². The summed E-state index contributed by atoms with van der Waals surface area (Å²) < 4.78 is 23.8. The molecule has 0 amide bonds. The van der Waals surface area contributed by atoms with Crippen molar-refractivity contribution in [2.75, 3.05) is 20.3 Å². The molecule has 9 nitrogen and oxygen atoms in total. The highest BCUT2D eigenvalue weighted by molar-refractivity contribution is 7.07. The molecule has 4 rings (SSSR count). The third kappa shape index (κ3) is 6.77. The molecule has 2 heterocycles. The van der Waals surface area contributed by atoms with Gasteiger partial charge in [0, 0.05) is 6.92 Å². The highest BCUT2D eigenvalue weighted by Crippen LogP contribution is 2.36. The number of benzene rings is 2. The van der Waals surface area contributed by atoms with Gasteiger partial charge < -0.3 is 18.9 Å². The van der Waals surface area contributed by atoms with E-state index in [9.17, 15) is 14.4 Å². The molecule has 41 heavy (non-hydrogen) atoms. The molecule has 0 unspecified atom stereocenters. The van der Waals surface area contributed by atoms with Gasteiger partial charge in [0.1, 0.15) is 5.75 Å². The van der Waals surface area contributed by atoms with E-state index in [1.807, 2.05) is 24.3 Å². The largest absolute Gasteiger partial charge is 0.494 e. The topological polar surface area (TPSA) is 105 Å². The van der Waals surface area contributed by atoms with Gasteiger partial charge in [-0.3, -0.25) is 14.2 Å². The maximum absolute atomic E-state index is 13.9. The summed E-state index contributed by atoms with van der Waals surface area (Å²) in [6, 6.07) is 11.7. The van der Waals surface area contributed by atoms with Crippen LogP contribution in [0.2, 0.25) is 0 Å². The third-order valence-electron chi connectivity index (χ3n) is 6.47. The number of carbonyl (C=O) groups excluding carboxylic acids is 2. The second-order valence-electron chi connectivity index (χ2n) is 9.43. The fraction of sp³-hybridized carbons (Fsp3) is 0.355. The van der Waals surface area contributed by atoms with Gasteiger partial charge >= 0.3 is 11.9 Å². The summed E-state index contributed by atoms with van der Waals surface area (Å²) in [5, 5.41) is 0. The number of aromatic nitrogens is 1. The van der Waals surface area contributed by atoms with Crippen molar-refractivity contribution in [2.24, 2.45) is 4.99 Å². The summed E-state index contributed by atoms with van der Waals surface area (Å²) in [7, 11) is 1.45. The van der Waals surface area contributed by atoms with Crippen LogP contribution in [0.25, 0.3) is 6.08 Å². The number of rotatable bonds is 11. The predicted octanol–water partition coefficient (Wildman–Crippen LogP) is 4.30. The molecule has 10 heteroatoms. The molecule has 0 fully saturated rings. The number of fused-ring (bicyclic) bond motifs is 1.